The van der Waals surface area contributed by atoms with Gasteiger partial charge in [0.2, 0.25) is 5.89 Å². The van der Waals surface area contributed by atoms with Gasteiger partial charge < -0.3 is 9.32 Å². The minimum absolute atomic E-state index is 0.0979. The van der Waals surface area contributed by atoms with Crippen molar-refractivity contribution in [2.45, 2.75) is 39.2 Å². The average Bonchev–Trinajstić information content (AvgIpc) is 2.90. The van der Waals surface area contributed by atoms with E-state index in [1.165, 1.54) is 12.8 Å². The Morgan fingerprint density at radius 1 is 1.30 bits per heavy atom. The summed E-state index contributed by atoms with van der Waals surface area (Å²) >= 11 is 4.88. The molecule has 6 heteroatoms. The maximum absolute atomic E-state index is 12.8. The van der Waals surface area contributed by atoms with E-state index in [1.807, 2.05) is 29.2 Å². The topological polar surface area (TPSA) is 62.1 Å². The summed E-state index contributed by atoms with van der Waals surface area (Å²) in [6.45, 7) is 5.18. The highest BCUT2D eigenvalue weighted by Gasteiger charge is 2.25. The summed E-state index contributed by atoms with van der Waals surface area (Å²) < 4.78 is 5.29. The van der Waals surface area contributed by atoms with Crippen molar-refractivity contribution in [2.75, 3.05) is 6.54 Å². The normalized spacial score (nSPS) is 21.9. The van der Waals surface area contributed by atoms with Gasteiger partial charge >= 0.3 is 0 Å². The third-order valence-corrected chi connectivity index (χ3v) is 4.61. The molecule has 0 saturated carbocycles. The predicted octanol–water partition coefficient (Wildman–Crippen LogP) is 4.05. The molecule has 1 amide bonds. The molecule has 1 N–H and O–H groups in total. The Morgan fingerprint density at radius 3 is 2.70 bits per heavy atom. The Balaban J connectivity index is 1.80. The molecule has 3 rings (SSSR count). The van der Waals surface area contributed by atoms with E-state index >= 15 is 0 Å². The maximum Gasteiger partial charge on any atom is 0.284 e. The molecule has 1 aliphatic heterocycles. The number of H-pyrrole nitrogens is 1. The molecule has 122 valence electrons. The number of amides is 1. The van der Waals surface area contributed by atoms with Crippen LogP contribution >= 0.6 is 12.2 Å². The van der Waals surface area contributed by atoms with Crippen molar-refractivity contribution >= 4 is 18.1 Å². The van der Waals surface area contributed by atoms with E-state index in [4.69, 9.17) is 16.6 Å². The first-order valence-corrected chi connectivity index (χ1v) is 8.42. The summed E-state index contributed by atoms with van der Waals surface area (Å²) in [4.78, 5) is 15.1. The van der Waals surface area contributed by atoms with Crippen LogP contribution in [0.25, 0.3) is 11.5 Å². The first-order chi connectivity index (χ1) is 11.0. The number of nitrogens with one attached hydrogen (secondary N) is 1. The number of aromatic amines is 1. The summed E-state index contributed by atoms with van der Waals surface area (Å²) in [6.07, 6.45) is 3.45. The van der Waals surface area contributed by atoms with Gasteiger partial charge in [-0.25, -0.2) is 5.10 Å². The molecule has 0 bridgehead atoms. The number of likely N-dealkylation sites (tertiary alicyclic amines) is 1. The van der Waals surface area contributed by atoms with Crippen molar-refractivity contribution in [3.05, 3.63) is 34.7 Å². The lowest BCUT2D eigenvalue weighted by Gasteiger charge is -2.28. The summed E-state index contributed by atoms with van der Waals surface area (Å²) in [5.41, 5.74) is 1.50. The molecule has 1 aliphatic rings. The fraction of sp³-hybridized carbons (Fsp3) is 0.471. The van der Waals surface area contributed by atoms with Gasteiger partial charge in [0.05, 0.1) is 0 Å². The van der Waals surface area contributed by atoms with Crippen LogP contribution in [0.15, 0.2) is 28.7 Å². The monoisotopic (exact) mass is 331 g/mol. The molecule has 0 aliphatic carbocycles. The zero-order valence-corrected chi connectivity index (χ0v) is 14.2. The molecule has 2 aromatic rings. The number of nitrogens with zero attached hydrogens (tertiary/aromatic N) is 2. The van der Waals surface area contributed by atoms with Gasteiger partial charge in [-0.2, -0.15) is 0 Å². The van der Waals surface area contributed by atoms with Crippen molar-refractivity contribution in [1.29, 1.82) is 0 Å². The smallest absolute Gasteiger partial charge is 0.284 e. The Hall–Kier alpha value is -1.95. The molecule has 1 aromatic heterocycles. The van der Waals surface area contributed by atoms with E-state index in [0.717, 1.165) is 18.5 Å². The fourth-order valence-corrected chi connectivity index (χ4v) is 3.21. The summed E-state index contributed by atoms with van der Waals surface area (Å²) in [7, 11) is 0. The number of rotatable bonds is 2. The Kier molecular flexibility index (Phi) is 4.61. The molecule has 2 heterocycles. The lowest BCUT2D eigenvalue weighted by atomic mass is 10.1. The van der Waals surface area contributed by atoms with Crippen molar-refractivity contribution in [2.24, 2.45) is 5.92 Å². The van der Waals surface area contributed by atoms with Gasteiger partial charge in [-0.15, -0.1) is 5.10 Å². The first kappa shape index (κ1) is 15.9. The highest BCUT2D eigenvalue weighted by Crippen LogP contribution is 2.24. The molecular weight excluding hydrogens is 310 g/mol. The van der Waals surface area contributed by atoms with Gasteiger partial charge in [0, 0.05) is 23.7 Å². The van der Waals surface area contributed by atoms with Crippen LogP contribution in [0.1, 0.15) is 43.5 Å². The van der Waals surface area contributed by atoms with E-state index in [9.17, 15) is 4.79 Å². The van der Waals surface area contributed by atoms with E-state index < -0.39 is 0 Å². The second-order valence-electron chi connectivity index (χ2n) is 6.34. The fourth-order valence-electron chi connectivity index (χ4n) is 3.08. The number of carbonyl (C=O) groups is 1. The number of aromatic nitrogens is 2. The third kappa shape index (κ3) is 3.52. The predicted molar refractivity (Wildman–Crippen MR) is 90.6 cm³/mol. The third-order valence-electron chi connectivity index (χ3n) is 4.44. The number of hydrogen-bond acceptors (Lipinski definition) is 4. The van der Waals surface area contributed by atoms with E-state index in [0.29, 0.717) is 17.4 Å². The number of carbonyl (C=O) groups excluding carboxylic acids is 1. The SMILES string of the molecule is C[C@H]1CCC[C@H](C)N(C(=O)c2ccc(-c3n[nH]c(=S)o3)cc2)C1. The molecule has 5 nitrogen and oxygen atoms in total. The van der Waals surface area contributed by atoms with Gasteiger partial charge in [0.1, 0.15) is 0 Å². The van der Waals surface area contributed by atoms with Gasteiger partial charge in [-0.3, -0.25) is 4.79 Å². The molecule has 1 aromatic carbocycles. The highest BCUT2D eigenvalue weighted by molar-refractivity contribution is 7.71. The quantitative estimate of drug-likeness (QED) is 0.843. The van der Waals surface area contributed by atoms with Crippen LogP contribution in [0.3, 0.4) is 0 Å². The summed E-state index contributed by atoms with van der Waals surface area (Å²) in [5.74, 6) is 1.09. The van der Waals surface area contributed by atoms with Crippen LogP contribution in [0.4, 0.5) is 0 Å². The van der Waals surface area contributed by atoms with Crippen molar-refractivity contribution < 1.29 is 9.21 Å². The molecule has 1 saturated heterocycles. The second-order valence-corrected chi connectivity index (χ2v) is 6.71. The minimum Gasteiger partial charge on any atom is -0.409 e. The largest absolute Gasteiger partial charge is 0.409 e. The van der Waals surface area contributed by atoms with E-state index in [1.54, 1.807) is 0 Å². The van der Waals surface area contributed by atoms with Crippen LogP contribution < -0.4 is 0 Å². The van der Waals surface area contributed by atoms with Crippen molar-refractivity contribution in [3.8, 4) is 11.5 Å². The standard InChI is InChI=1S/C17H21N3O2S/c1-11-4-3-5-12(2)20(10-11)16(21)14-8-6-13(7-9-14)15-18-19-17(23)22-15/h6-9,11-12H,3-5,10H2,1-2H3,(H,19,23)/t11-,12-/m0/s1. The van der Waals surface area contributed by atoms with E-state index in [2.05, 4.69) is 24.0 Å². The zero-order valence-electron chi connectivity index (χ0n) is 13.4. The molecule has 0 unspecified atom stereocenters. The molecule has 23 heavy (non-hydrogen) atoms. The van der Waals surface area contributed by atoms with Crippen molar-refractivity contribution in [1.82, 2.24) is 15.1 Å². The highest BCUT2D eigenvalue weighted by atomic mass is 32.1. The summed E-state index contributed by atoms with van der Waals surface area (Å²) in [5, 5.41) is 6.59. The molecular formula is C17H21N3O2S. The van der Waals surface area contributed by atoms with Crippen LogP contribution in [0.2, 0.25) is 0 Å². The Labute approximate surface area is 140 Å². The Bertz CT molecular complexity index is 735. The van der Waals surface area contributed by atoms with Gasteiger partial charge in [-0.05, 0) is 62.2 Å². The maximum atomic E-state index is 12.8. The minimum atomic E-state index is 0.0979. The second kappa shape index (κ2) is 6.66. The Morgan fingerprint density at radius 2 is 2.04 bits per heavy atom. The number of benzene rings is 1. The van der Waals surface area contributed by atoms with E-state index in [-0.39, 0.29) is 16.8 Å². The lowest BCUT2D eigenvalue weighted by Crippen LogP contribution is -2.39. The number of hydrogen-bond donors (Lipinski definition) is 1. The van der Waals surface area contributed by atoms with Gasteiger partial charge in [0.15, 0.2) is 0 Å². The van der Waals surface area contributed by atoms with Crippen molar-refractivity contribution in [3.63, 3.8) is 0 Å². The molecule has 1 fully saturated rings. The summed E-state index contributed by atoms with van der Waals surface area (Å²) in [6, 6.07) is 7.62. The van der Waals surface area contributed by atoms with Crippen LogP contribution in [0.5, 0.6) is 0 Å². The first-order valence-electron chi connectivity index (χ1n) is 8.01. The molecule has 2 atom stereocenters. The van der Waals surface area contributed by atoms with Crippen LogP contribution in [0, 0.1) is 10.8 Å². The lowest BCUT2D eigenvalue weighted by molar-refractivity contribution is 0.0677. The average molecular weight is 331 g/mol. The molecule has 0 radical (unpaired) electrons. The zero-order chi connectivity index (χ0) is 16.4. The van der Waals surface area contributed by atoms with Gasteiger partial charge in [-0.1, -0.05) is 13.3 Å². The van der Waals surface area contributed by atoms with Crippen LogP contribution in [-0.4, -0.2) is 33.6 Å². The van der Waals surface area contributed by atoms with Gasteiger partial charge in [0.25, 0.3) is 10.7 Å². The van der Waals surface area contributed by atoms with Crippen LogP contribution in [-0.2, 0) is 0 Å². The molecule has 0 spiro atoms.